The summed E-state index contributed by atoms with van der Waals surface area (Å²) in [4.78, 5) is 102. The van der Waals surface area contributed by atoms with Gasteiger partial charge in [0.25, 0.3) is 0 Å². The number of nitrogens with one attached hydrogen (secondary N) is 4. The second-order valence-corrected chi connectivity index (χ2v) is 17.1. The molecule has 0 aromatic carbocycles. The normalized spacial score (nSPS) is 19.5. The number of carbonyl (C=O) groups excluding carboxylic acids is 8. The summed E-state index contributed by atoms with van der Waals surface area (Å²) in [6.07, 6.45) is 15.3. The molecule has 1 aliphatic rings. The monoisotopic (exact) mass is 911 g/mol. The Morgan fingerprint density at radius 3 is 1.28 bits per heavy atom. The van der Waals surface area contributed by atoms with Gasteiger partial charge in [-0.25, -0.2) is 0 Å². The zero-order valence-corrected chi connectivity index (χ0v) is 40.2. The van der Waals surface area contributed by atoms with Gasteiger partial charge in [0, 0.05) is 34.6 Å². The van der Waals surface area contributed by atoms with Crippen LogP contribution in [0.25, 0.3) is 0 Å². The van der Waals surface area contributed by atoms with Gasteiger partial charge in [0.15, 0.2) is 24.5 Å². The third-order valence-corrected chi connectivity index (χ3v) is 11.0. The molecule has 1 unspecified atom stereocenters. The molecule has 8 atom stereocenters. The number of unbranched alkanes of at least 4 members (excludes halogenated alkanes) is 18. The van der Waals surface area contributed by atoms with Gasteiger partial charge >= 0.3 is 23.9 Å². The second-order valence-electron chi connectivity index (χ2n) is 17.1. The smallest absolute Gasteiger partial charge is 0.303 e. The molecular weight excluding hydrogens is 829 g/mol. The van der Waals surface area contributed by atoms with Gasteiger partial charge in [-0.2, -0.15) is 0 Å². The number of ether oxygens (including phenoxy) is 5. The number of hydrogen-bond donors (Lipinski definition) is 4. The van der Waals surface area contributed by atoms with Crippen LogP contribution in [0.4, 0.5) is 0 Å². The van der Waals surface area contributed by atoms with E-state index in [4.69, 9.17) is 23.7 Å². The fourth-order valence-electron chi connectivity index (χ4n) is 7.72. The maximum Gasteiger partial charge on any atom is 0.303 e. The molecule has 1 saturated heterocycles. The Morgan fingerprint density at radius 1 is 0.469 bits per heavy atom. The topological polar surface area (TPSA) is 231 Å². The van der Waals surface area contributed by atoms with Gasteiger partial charge in [0.1, 0.15) is 30.8 Å². The molecular formula is C47H82N4O13. The maximum absolute atomic E-state index is 13.9. The molecule has 1 heterocycles. The van der Waals surface area contributed by atoms with Crippen LogP contribution in [0.5, 0.6) is 0 Å². The van der Waals surface area contributed by atoms with Crippen LogP contribution in [0.1, 0.15) is 197 Å². The van der Waals surface area contributed by atoms with Crippen molar-refractivity contribution in [3.8, 4) is 0 Å². The molecule has 0 aliphatic carbocycles. The third kappa shape index (κ3) is 25.9. The number of carbonyl (C=O) groups is 8. The highest BCUT2D eigenvalue weighted by atomic mass is 16.7. The average Bonchev–Trinajstić information content (AvgIpc) is 3.21. The van der Waals surface area contributed by atoms with Crippen LogP contribution in [-0.2, 0) is 62.0 Å². The fourth-order valence-corrected chi connectivity index (χ4v) is 7.72. The predicted octanol–water partition coefficient (Wildman–Crippen LogP) is 6.30. The summed E-state index contributed by atoms with van der Waals surface area (Å²) in [5, 5.41) is 10.9. The average molecular weight is 911 g/mol. The van der Waals surface area contributed by atoms with Crippen LogP contribution in [0.2, 0.25) is 0 Å². The molecule has 368 valence electrons. The Hall–Kier alpha value is -4.28. The van der Waals surface area contributed by atoms with Crippen molar-refractivity contribution in [2.45, 2.75) is 245 Å². The van der Waals surface area contributed by atoms with E-state index in [0.717, 1.165) is 79.1 Å². The van der Waals surface area contributed by atoms with Crippen molar-refractivity contribution in [2.24, 2.45) is 0 Å². The number of amides is 4. The lowest BCUT2D eigenvalue weighted by Crippen LogP contribution is -2.67. The van der Waals surface area contributed by atoms with Crippen LogP contribution >= 0.6 is 0 Å². The van der Waals surface area contributed by atoms with E-state index in [1.165, 1.54) is 84.5 Å². The van der Waals surface area contributed by atoms with Crippen molar-refractivity contribution in [1.29, 1.82) is 0 Å². The number of hydrogen-bond acceptors (Lipinski definition) is 13. The molecule has 0 bridgehead atoms. The Balaban J connectivity index is 3.18. The first-order chi connectivity index (χ1) is 30.5. The minimum Gasteiger partial charge on any atom is -0.463 e. The molecule has 0 radical (unpaired) electrons. The molecule has 64 heavy (non-hydrogen) atoms. The largest absolute Gasteiger partial charge is 0.463 e. The summed E-state index contributed by atoms with van der Waals surface area (Å²) in [5.74, 6) is -5.48. The first-order valence-corrected chi connectivity index (χ1v) is 24.0. The Labute approximate surface area is 382 Å². The van der Waals surface area contributed by atoms with Crippen molar-refractivity contribution >= 4 is 47.5 Å². The zero-order valence-electron chi connectivity index (χ0n) is 40.2. The van der Waals surface area contributed by atoms with Crippen LogP contribution in [0.3, 0.4) is 0 Å². The van der Waals surface area contributed by atoms with Crippen LogP contribution in [0.15, 0.2) is 0 Å². The van der Waals surface area contributed by atoms with Crippen LogP contribution < -0.4 is 21.3 Å². The minimum absolute atomic E-state index is 0.285. The van der Waals surface area contributed by atoms with E-state index < -0.39 is 97.0 Å². The van der Waals surface area contributed by atoms with E-state index in [0.29, 0.717) is 12.8 Å². The van der Waals surface area contributed by atoms with Crippen molar-refractivity contribution in [2.75, 3.05) is 6.61 Å². The number of esters is 4. The SMILES string of the molecule is CCCCCCCCCCCC[C@H](NC(C)=O)C(=O)N[C@@H](CCCCCCCCCCCC)C(=O)NC(C)C(=O)N[C@@H]1O[C@H](COC(C)=O)[C@@H](OC(C)=O)[C@H](OC(C)=O)[C@H]1OC(C)=O. The molecule has 0 spiro atoms. The Morgan fingerprint density at radius 2 is 0.859 bits per heavy atom. The molecule has 17 nitrogen and oxygen atoms in total. The summed E-state index contributed by atoms with van der Waals surface area (Å²) in [7, 11) is 0. The molecule has 0 aromatic heterocycles. The van der Waals surface area contributed by atoms with Gasteiger partial charge in [0.2, 0.25) is 23.6 Å². The van der Waals surface area contributed by atoms with E-state index in [1.54, 1.807) is 0 Å². The van der Waals surface area contributed by atoms with E-state index in [9.17, 15) is 38.4 Å². The molecule has 1 aliphatic heterocycles. The fraction of sp³-hybridized carbons (Fsp3) is 0.830. The van der Waals surface area contributed by atoms with E-state index in [2.05, 4.69) is 35.1 Å². The molecule has 17 heteroatoms. The lowest BCUT2D eigenvalue weighted by molar-refractivity contribution is -0.257. The molecule has 1 rings (SSSR count). The maximum atomic E-state index is 13.9. The highest BCUT2D eigenvalue weighted by molar-refractivity contribution is 5.94. The van der Waals surface area contributed by atoms with Crippen molar-refractivity contribution in [1.82, 2.24) is 21.3 Å². The zero-order chi connectivity index (χ0) is 47.9. The third-order valence-electron chi connectivity index (χ3n) is 11.0. The summed E-state index contributed by atoms with van der Waals surface area (Å²) < 4.78 is 27.4. The molecule has 4 amide bonds. The minimum atomic E-state index is -1.55. The van der Waals surface area contributed by atoms with Gasteiger partial charge in [-0.1, -0.05) is 142 Å². The molecule has 0 aromatic rings. The first-order valence-electron chi connectivity index (χ1n) is 24.0. The standard InChI is InChI=1S/C47H82N4O13/c1-9-11-13-15-17-19-21-23-25-27-29-38(49-33(4)52)46(59)50-39(30-28-26-24-22-20-18-16-14-12-10-2)45(58)48-32(3)44(57)51-47-43(63-37(8)56)42(62-36(7)55)41(61-35(6)54)40(64-47)31-60-34(5)53/h32,38-43,47H,9-31H2,1-8H3,(H,48,58)(H,49,52)(H,50,59)(H,51,57)/t32?,38-,39-,40+,41+,42-,43+,47+/m0/s1. The van der Waals surface area contributed by atoms with E-state index in [1.807, 2.05) is 0 Å². The molecule has 1 fully saturated rings. The first kappa shape index (κ1) is 57.7. The molecule has 0 saturated carbocycles. The highest BCUT2D eigenvalue weighted by Crippen LogP contribution is 2.28. The highest BCUT2D eigenvalue weighted by Gasteiger charge is 2.53. The van der Waals surface area contributed by atoms with Gasteiger partial charge in [-0.05, 0) is 19.8 Å². The predicted molar refractivity (Wildman–Crippen MR) is 240 cm³/mol. The van der Waals surface area contributed by atoms with Gasteiger partial charge in [-0.15, -0.1) is 0 Å². The van der Waals surface area contributed by atoms with Gasteiger partial charge in [-0.3, -0.25) is 38.4 Å². The lowest BCUT2D eigenvalue weighted by Gasteiger charge is -2.44. The lowest BCUT2D eigenvalue weighted by atomic mass is 9.97. The Kier molecular flexibility index (Phi) is 30.8. The van der Waals surface area contributed by atoms with E-state index in [-0.39, 0.29) is 12.3 Å². The van der Waals surface area contributed by atoms with Gasteiger partial charge < -0.3 is 45.0 Å². The summed E-state index contributed by atoms with van der Waals surface area (Å²) in [6, 6.07) is -3.13. The van der Waals surface area contributed by atoms with Crippen molar-refractivity contribution in [3.05, 3.63) is 0 Å². The van der Waals surface area contributed by atoms with E-state index >= 15 is 0 Å². The van der Waals surface area contributed by atoms with Gasteiger partial charge in [0.05, 0.1) is 0 Å². The quantitative estimate of drug-likeness (QED) is 0.0316. The van der Waals surface area contributed by atoms with Crippen LogP contribution in [0, 0.1) is 0 Å². The summed E-state index contributed by atoms with van der Waals surface area (Å²) >= 11 is 0. The molecule has 4 N–H and O–H groups in total. The van der Waals surface area contributed by atoms with Crippen molar-refractivity contribution < 1.29 is 62.0 Å². The Bertz CT molecular complexity index is 1430. The number of rotatable bonds is 34. The summed E-state index contributed by atoms with van der Waals surface area (Å²) in [6.45, 7) is 11.1. The van der Waals surface area contributed by atoms with Crippen molar-refractivity contribution in [3.63, 3.8) is 0 Å². The second kappa shape index (κ2) is 34.1. The van der Waals surface area contributed by atoms with Crippen LogP contribution in [-0.4, -0.2) is 103 Å². The summed E-state index contributed by atoms with van der Waals surface area (Å²) in [5.41, 5.74) is 0.